The predicted molar refractivity (Wildman–Crippen MR) is 110 cm³/mol. The summed E-state index contributed by atoms with van der Waals surface area (Å²) in [4.78, 5) is 25.2. The van der Waals surface area contributed by atoms with Gasteiger partial charge in [-0.15, -0.1) is 0 Å². The maximum Gasteiger partial charge on any atom is 0.251 e. The maximum atomic E-state index is 12.6. The van der Waals surface area contributed by atoms with Crippen LogP contribution < -0.4 is 16.0 Å². The quantitative estimate of drug-likeness (QED) is 0.688. The van der Waals surface area contributed by atoms with Crippen LogP contribution in [0.25, 0.3) is 0 Å². The van der Waals surface area contributed by atoms with Gasteiger partial charge >= 0.3 is 0 Å². The Morgan fingerprint density at radius 2 is 1.85 bits per heavy atom. The van der Waals surface area contributed by atoms with Crippen LogP contribution in [0.1, 0.15) is 63.4 Å². The SMILES string of the molecule is CC(C)C(NC(=O)c1ccc(C(C)(C)C)cc1)C(=O)NCCC1CCNC1. The lowest BCUT2D eigenvalue weighted by atomic mass is 9.86. The molecule has 0 aromatic heterocycles. The first-order valence-electron chi connectivity index (χ1n) is 10.1. The summed E-state index contributed by atoms with van der Waals surface area (Å²) in [5.41, 5.74) is 1.81. The normalized spacial score (nSPS) is 18.4. The highest BCUT2D eigenvalue weighted by molar-refractivity contribution is 5.97. The summed E-state index contributed by atoms with van der Waals surface area (Å²) in [5.74, 6) is 0.356. The van der Waals surface area contributed by atoms with Gasteiger partial charge in [-0.05, 0) is 60.9 Å². The molecule has 0 spiro atoms. The fourth-order valence-corrected chi connectivity index (χ4v) is 3.35. The molecular weight excluding hydrogens is 338 g/mol. The number of nitrogens with one attached hydrogen (secondary N) is 3. The van der Waals surface area contributed by atoms with E-state index in [1.807, 2.05) is 38.1 Å². The van der Waals surface area contributed by atoms with Crippen molar-refractivity contribution in [2.45, 2.75) is 58.9 Å². The molecule has 1 fully saturated rings. The Morgan fingerprint density at radius 3 is 2.37 bits per heavy atom. The fraction of sp³-hybridized carbons (Fsp3) is 0.636. The highest BCUT2D eigenvalue weighted by atomic mass is 16.2. The van der Waals surface area contributed by atoms with Crippen LogP contribution in [0.2, 0.25) is 0 Å². The van der Waals surface area contributed by atoms with Crippen molar-refractivity contribution in [1.82, 2.24) is 16.0 Å². The van der Waals surface area contributed by atoms with E-state index in [-0.39, 0.29) is 23.1 Å². The van der Waals surface area contributed by atoms with Gasteiger partial charge in [-0.1, -0.05) is 46.8 Å². The van der Waals surface area contributed by atoms with Gasteiger partial charge in [-0.3, -0.25) is 9.59 Å². The van der Waals surface area contributed by atoms with Crippen molar-refractivity contribution in [3.63, 3.8) is 0 Å². The maximum absolute atomic E-state index is 12.6. The summed E-state index contributed by atoms with van der Waals surface area (Å²) in [6.45, 7) is 13.1. The molecule has 150 valence electrons. The number of rotatable bonds is 7. The molecule has 1 aliphatic heterocycles. The zero-order valence-corrected chi connectivity index (χ0v) is 17.4. The van der Waals surface area contributed by atoms with Crippen LogP contribution in [0.15, 0.2) is 24.3 Å². The standard InChI is InChI=1S/C22H35N3O2/c1-15(2)19(21(27)24-13-11-16-10-12-23-14-16)25-20(26)17-6-8-18(9-7-17)22(3,4)5/h6-9,15-16,19,23H,10-14H2,1-5H3,(H,24,27)(H,25,26). The van der Waals surface area contributed by atoms with Crippen molar-refractivity contribution in [3.8, 4) is 0 Å². The van der Waals surface area contributed by atoms with E-state index >= 15 is 0 Å². The smallest absolute Gasteiger partial charge is 0.251 e. The Bertz CT molecular complexity index is 626. The second-order valence-corrected chi connectivity index (χ2v) is 8.96. The van der Waals surface area contributed by atoms with Gasteiger partial charge in [-0.2, -0.15) is 0 Å². The molecule has 2 amide bonds. The third-order valence-corrected chi connectivity index (χ3v) is 5.26. The van der Waals surface area contributed by atoms with Crippen LogP contribution in [0.5, 0.6) is 0 Å². The van der Waals surface area contributed by atoms with Crippen LogP contribution in [-0.2, 0) is 10.2 Å². The van der Waals surface area contributed by atoms with Crippen molar-refractivity contribution in [1.29, 1.82) is 0 Å². The van der Waals surface area contributed by atoms with Crippen molar-refractivity contribution in [2.75, 3.05) is 19.6 Å². The lowest BCUT2D eigenvalue weighted by Gasteiger charge is -2.23. The summed E-state index contributed by atoms with van der Waals surface area (Å²) in [5, 5.41) is 9.24. The summed E-state index contributed by atoms with van der Waals surface area (Å²) >= 11 is 0. The van der Waals surface area contributed by atoms with Gasteiger partial charge in [0.2, 0.25) is 5.91 Å². The molecule has 0 bridgehead atoms. The van der Waals surface area contributed by atoms with E-state index in [0.29, 0.717) is 18.0 Å². The van der Waals surface area contributed by atoms with E-state index in [9.17, 15) is 9.59 Å². The van der Waals surface area contributed by atoms with Crippen molar-refractivity contribution in [2.24, 2.45) is 11.8 Å². The number of carbonyl (C=O) groups excluding carboxylic acids is 2. The van der Waals surface area contributed by atoms with Crippen molar-refractivity contribution in [3.05, 3.63) is 35.4 Å². The lowest BCUT2D eigenvalue weighted by Crippen LogP contribution is -2.50. The van der Waals surface area contributed by atoms with Crippen LogP contribution in [0.4, 0.5) is 0 Å². The molecule has 1 aliphatic rings. The minimum atomic E-state index is -0.526. The van der Waals surface area contributed by atoms with E-state index < -0.39 is 6.04 Å². The monoisotopic (exact) mass is 373 g/mol. The van der Waals surface area contributed by atoms with Gasteiger partial charge in [-0.25, -0.2) is 0 Å². The van der Waals surface area contributed by atoms with E-state index in [0.717, 1.165) is 19.5 Å². The third-order valence-electron chi connectivity index (χ3n) is 5.26. The van der Waals surface area contributed by atoms with Crippen molar-refractivity contribution >= 4 is 11.8 Å². The molecule has 3 N–H and O–H groups in total. The van der Waals surface area contributed by atoms with Gasteiger partial charge in [0.25, 0.3) is 5.91 Å². The number of carbonyl (C=O) groups is 2. The molecule has 5 nitrogen and oxygen atoms in total. The first kappa shape index (κ1) is 21.4. The largest absolute Gasteiger partial charge is 0.354 e. The van der Waals surface area contributed by atoms with Crippen LogP contribution >= 0.6 is 0 Å². The molecule has 1 aromatic carbocycles. The summed E-state index contributed by atoms with van der Waals surface area (Å²) in [7, 11) is 0. The number of amides is 2. The van der Waals surface area contributed by atoms with E-state index in [2.05, 4.69) is 36.7 Å². The van der Waals surface area contributed by atoms with E-state index in [4.69, 9.17) is 0 Å². The molecule has 2 rings (SSSR count). The minimum Gasteiger partial charge on any atom is -0.354 e. The second-order valence-electron chi connectivity index (χ2n) is 8.96. The van der Waals surface area contributed by atoms with Gasteiger partial charge in [0.15, 0.2) is 0 Å². The van der Waals surface area contributed by atoms with Gasteiger partial charge in [0.05, 0.1) is 0 Å². The van der Waals surface area contributed by atoms with Crippen molar-refractivity contribution < 1.29 is 9.59 Å². The summed E-state index contributed by atoms with van der Waals surface area (Å²) < 4.78 is 0. The van der Waals surface area contributed by atoms with Gasteiger partial charge < -0.3 is 16.0 Å². The molecule has 2 atom stereocenters. The molecule has 1 heterocycles. The summed E-state index contributed by atoms with van der Waals surface area (Å²) in [6.07, 6.45) is 2.15. The third kappa shape index (κ3) is 6.35. The van der Waals surface area contributed by atoms with Gasteiger partial charge in [0, 0.05) is 12.1 Å². The van der Waals surface area contributed by atoms with E-state index in [1.54, 1.807) is 0 Å². The number of hydrogen-bond acceptors (Lipinski definition) is 3. The Balaban J connectivity index is 1.91. The Morgan fingerprint density at radius 1 is 1.19 bits per heavy atom. The number of benzene rings is 1. The molecule has 5 heteroatoms. The average molecular weight is 374 g/mol. The molecule has 2 unspecified atom stereocenters. The average Bonchev–Trinajstić information content (AvgIpc) is 3.11. The summed E-state index contributed by atoms with van der Waals surface area (Å²) in [6, 6.07) is 7.10. The zero-order chi connectivity index (χ0) is 20.0. The molecular formula is C22H35N3O2. The molecule has 0 aliphatic carbocycles. The predicted octanol–water partition coefficient (Wildman–Crippen LogP) is 2.85. The topological polar surface area (TPSA) is 70.2 Å². The van der Waals surface area contributed by atoms with Gasteiger partial charge in [0.1, 0.15) is 6.04 Å². The van der Waals surface area contributed by atoms with Crippen LogP contribution in [0.3, 0.4) is 0 Å². The molecule has 0 radical (unpaired) electrons. The van der Waals surface area contributed by atoms with Crippen LogP contribution in [-0.4, -0.2) is 37.5 Å². The molecule has 27 heavy (non-hydrogen) atoms. The Labute approximate surface area is 163 Å². The first-order chi connectivity index (χ1) is 12.7. The number of hydrogen-bond donors (Lipinski definition) is 3. The Kier molecular flexibility index (Phi) is 7.42. The lowest BCUT2D eigenvalue weighted by molar-refractivity contribution is -0.123. The second kappa shape index (κ2) is 9.36. The highest BCUT2D eigenvalue weighted by Crippen LogP contribution is 2.22. The fourth-order valence-electron chi connectivity index (χ4n) is 3.35. The molecule has 0 saturated carbocycles. The molecule has 1 saturated heterocycles. The highest BCUT2D eigenvalue weighted by Gasteiger charge is 2.25. The first-order valence-corrected chi connectivity index (χ1v) is 10.1. The van der Waals surface area contributed by atoms with Crippen LogP contribution in [0, 0.1) is 11.8 Å². The Hall–Kier alpha value is -1.88. The zero-order valence-electron chi connectivity index (χ0n) is 17.4. The molecule has 1 aromatic rings. The van der Waals surface area contributed by atoms with E-state index in [1.165, 1.54) is 12.0 Å². The minimum absolute atomic E-state index is 0.0240.